The molecule has 0 heterocycles. The van der Waals surface area contributed by atoms with Gasteiger partial charge in [0.1, 0.15) is 0 Å². The van der Waals surface area contributed by atoms with Crippen molar-refractivity contribution in [2.75, 3.05) is 18.1 Å². The van der Waals surface area contributed by atoms with Gasteiger partial charge in [-0.2, -0.15) is 8.42 Å². The molecule has 0 amide bonds. The fourth-order valence-corrected chi connectivity index (χ4v) is 1.33. The van der Waals surface area contributed by atoms with Gasteiger partial charge >= 0.3 is 5.97 Å². The average molecular weight is 287 g/mol. The molecule has 7 heteroatoms. The first-order valence-corrected chi connectivity index (χ1v) is 6.99. The van der Waals surface area contributed by atoms with Crippen LogP contribution in [0, 0.1) is 0 Å². The summed E-state index contributed by atoms with van der Waals surface area (Å²) in [5.74, 6) is -0.697. The third-order valence-corrected chi connectivity index (χ3v) is 2.38. The van der Waals surface area contributed by atoms with Crippen LogP contribution < -0.4 is 5.73 Å². The van der Waals surface area contributed by atoms with E-state index in [4.69, 9.17) is 15.0 Å². The second-order valence-corrected chi connectivity index (χ2v) is 4.88. The summed E-state index contributed by atoms with van der Waals surface area (Å²) in [4.78, 5) is 11.1. The summed E-state index contributed by atoms with van der Waals surface area (Å²) in [5.41, 5.74) is 6.55. The van der Waals surface area contributed by atoms with Crippen LogP contribution >= 0.6 is 0 Å². The van der Waals surface area contributed by atoms with E-state index in [2.05, 4.69) is 6.58 Å². The number of anilines is 1. The number of hydrogen-bond acceptors (Lipinski definition) is 5. The van der Waals surface area contributed by atoms with Crippen LogP contribution in [0.3, 0.4) is 0 Å². The van der Waals surface area contributed by atoms with E-state index in [0.29, 0.717) is 17.9 Å². The topological polar surface area (TPSA) is 107 Å². The van der Waals surface area contributed by atoms with Crippen molar-refractivity contribution in [3.8, 4) is 0 Å². The summed E-state index contributed by atoms with van der Waals surface area (Å²) in [7, 11) is -3.79. The lowest BCUT2D eigenvalue weighted by molar-refractivity contribution is 0.0526. The van der Waals surface area contributed by atoms with Crippen molar-refractivity contribution in [1.29, 1.82) is 0 Å². The Morgan fingerprint density at radius 3 is 2.53 bits per heavy atom. The summed E-state index contributed by atoms with van der Waals surface area (Å²) < 4.78 is 32.1. The number of carbonyl (C=O) groups excluding carboxylic acids is 1. The van der Waals surface area contributed by atoms with Crippen LogP contribution in [-0.2, 0) is 14.9 Å². The van der Waals surface area contributed by atoms with Crippen molar-refractivity contribution in [2.45, 2.75) is 6.92 Å². The normalized spacial score (nSPS) is 10.0. The zero-order valence-corrected chi connectivity index (χ0v) is 11.4. The van der Waals surface area contributed by atoms with Gasteiger partial charge in [0.25, 0.3) is 10.1 Å². The molecule has 0 aliphatic carbocycles. The van der Waals surface area contributed by atoms with Crippen molar-refractivity contribution >= 4 is 21.8 Å². The zero-order chi connectivity index (χ0) is 14.9. The van der Waals surface area contributed by atoms with Gasteiger partial charge in [-0.1, -0.05) is 12.1 Å². The van der Waals surface area contributed by atoms with Crippen molar-refractivity contribution in [1.82, 2.24) is 0 Å². The highest BCUT2D eigenvalue weighted by Crippen LogP contribution is 2.07. The fourth-order valence-electron chi connectivity index (χ4n) is 1.03. The van der Waals surface area contributed by atoms with Crippen LogP contribution in [0.5, 0.6) is 0 Å². The maximum Gasteiger partial charge on any atom is 0.338 e. The van der Waals surface area contributed by atoms with E-state index in [1.807, 2.05) is 0 Å². The molecule has 0 fully saturated rings. The second-order valence-electron chi connectivity index (χ2n) is 3.38. The summed E-state index contributed by atoms with van der Waals surface area (Å²) in [6.45, 7) is 5.26. The third kappa shape index (κ3) is 8.81. The van der Waals surface area contributed by atoms with E-state index in [1.54, 1.807) is 31.2 Å². The number of ether oxygens (including phenoxy) is 1. The first-order valence-electron chi connectivity index (χ1n) is 5.39. The number of hydrogen-bond donors (Lipinski definition) is 2. The lowest BCUT2D eigenvalue weighted by atomic mass is 10.2. The molecule has 0 aliphatic rings. The third-order valence-electron chi connectivity index (χ3n) is 1.73. The van der Waals surface area contributed by atoms with Gasteiger partial charge in [-0.15, -0.1) is 6.58 Å². The molecule has 0 saturated carbocycles. The molecule has 1 aromatic rings. The van der Waals surface area contributed by atoms with E-state index in [1.165, 1.54) is 0 Å². The summed E-state index contributed by atoms with van der Waals surface area (Å²) >= 11 is 0. The standard InChI is InChI=1S/C9H11NO2.C3H6O3S/c1-2-12-9(11)7-4-3-5-8(10)6-7;1-2-3-7(4,5)6/h3-6H,2,10H2,1H3;2H,1,3H2,(H,4,5,6). The van der Waals surface area contributed by atoms with Crippen LogP contribution in [0.15, 0.2) is 36.9 Å². The van der Waals surface area contributed by atoms with Gasteiger partial charge in [-0.25, -0.2) is 4.79 Å². The largest absolute Gasteiger partial charge is 0.462 e. The highest BCUT2D eigenvalue weighted by atomic mass is 32.2. The number of esters is 1. The van der Waals surface area contributed by atoms with Gasteiger partial charge in [0.15, 0.2) is 0 Å². The van der Waals surface area contributed by atoms with Crippen LogP contribution in [0.2, 0.25) is 0 Å². The summed E-state index contributed by atoms with van der Waals surface area (Å²) in [6.07, 6.45) is 1.12. The second kappa shape index (κ2) is 8.28. The van der Waals surface area contributed by atoms with Crippen molar-refractivity contribution in [2.24, 2.45) is 0 Å². The molecular formula is C12H17NO5S. The Labute approximate surface area is 112 Å². The van der Waals surface area contributed by atoms with Gasteiger partial charge in [0.05, 0.1) is 17.9 Å². The minimum absolute atomic E-state index is 0.329. The molecule has 6 nitrogen and oxygen atoms in total. The summed E-state index contributed by atoms with van der Waals surface area (Å²) in [5, 5.41) is 0. The number of benzene rings is 1. The molecule has 0 radical (unpaired) electrons. The van der Waals surface area contributed by atoms with Crippen LogP contribution in [0.1, 0.15) is 17.3 Å². The molecular weight excluding hydrogens is 270 g/mol. The predicted molar refractivity (Wildman–Crippen MR) is 73.4 cm³/mol. The van der Waals surface area contributed by atoms with E-state index in [0.717, 1.165) is 6.08 Å². The Balaban J connectivity index is 0.000000399. The Hall–Kier alpha value is -1.86. The Kier molecular flexibility index (Phi) is 7.47. The Morgan fingerprint density at radius 2 is 2.16 bits per heavy atom. The number of nitrogen functional groups attached to an aromatic ring is 1. The smallest absolute Gasteiger partial charge is 0.338 e. The molecule has 0 spiro atoms. The van der Waals surface area contributed by atoms with E-state index in [-0.39, 0.29) is 11.7 Å². The lowest BCUT2D eigenvalue weighted by Crippen LogP contribution is -2.04. The van der Waals surface area contributed by atoms with Gasteiger partial charge in [0, 0.05) is 5.69 Å². The van der Waals surface area contributed by atoms with Gasteiger partial charge in [-0.3, -0.25) is 4.55 Å². The van der Waals surface area contributed by atoms with Crippen LogP contribution in [0.4, 0.5) is 5.69 Å². The maximum atomic E-state index is 11.1. The molecule has 0 aliphatic heterocycles. The number of rotatable bonds is 4. The number of nitrogens with two attached hydrogens (primary N) is 1. The first-order chi connectivity index (χ1) is 8.80. The molecule has 0 aromatic heterocycles. The quantitative estimate of drug-likeness (QED) is 0.376. The van der Waals surface area contributed by atoms with Gasteiger partial charge in [0.2, 0.25) is 0 Å². The number of carbonyl (C=O) groups is 1. The molecule has 0 saturated heterocycles. The Morgan fingerprint density at radius 1 is 1.53 bits per heavy atom. The molecule has 19 heavy (non-hydrogen) atoms. The fraction of sp³-hybridized carbons (Fsp3) is 0.250. The molecule has 1 rings (SSSR count). The van der Waals surface area contributed by atoms with Gasteiger partial charge in [-0.05, 0) is 25.1 Å². The minimum atomic E-state index is -3.79. The average Bonchev–Trinajstić information content (AvgIpc) is 2.28. The van der Waals surface area contributed by atoms with Crippen molar-refractivity contribution in [3.63, 3.8) is 0 Å². The molecule has 1 aromatic carbocycles. The highest BCUT2D eigenvalue weighted by Gasteiger charge is 2.04. The molecule has 0 atom stereocenters. The van der Waals surface area contributed by atoms with E-state index in [9.17, 15) is 13.2 Å². The maximum absolute atomic E-state index is 11.1. The van der Waals surface area contributed by atoms with Crippen LogP contribution in [-0.4, -0.2) is 31.3 Å². The Bertz CT molecular complexity index is 525. The van der Waals surface area contributed by atoms with Crippen LogP contribution in [0.25, 0.3) is 0 Å². The molecule has 0 unspecified atom stereocenters. The molecule has 0 bridgehead atoms. The lowest BCUT2D eigenvalue weighted by Gasteiger charge is -2.01. The van der Waals surface area contributed by atoms with E-state index < -0.39 is 10.1 Å². The molecule has 106 valence electrons. The summed E-state index contributed by atoms with van der Waals surface area (Å²) in [6, 6.07) is 6.72. The SMILES string of the molecule is C=CCS(=O)(=O)O.CCOC(=O)c1cccc(N)c1. The van der Waals surface area contributed by atoms with Crippen molar-refractivity contribution < 1.29 is 22.5 Å². The highest BCUT2D eigenvalue weighted by molar-refractivity contribution is 7.85. The monoisotopic (exact) mass is 287 g/mol. The zero-order valence-electron chi connectivity index (χ0n) is 10.6. The van der Waals surface area contributed by atoms with Gasteiger partial charge < -0.3 is 10.5 Å². The minimum Gasteiger partial charge on any atom is -0.462 e. The predicted octanol–water partition coefficient (Wildman–Crippen LogP) is 1.51. The van der Waals surface area contributed by atoms with E-state index >= 15 is 0 Å². The molecule has 3 N–H and O–H groups in total. The first kappa shape index (κ1) is 17.1. The van der Waals surface area contributed by atoms with Crippen molar-refractivity contribution in [3.05, 3.63) is 42.5 Å².